The van der Waals surface area contributed by atoms with Gasteiger partial charge in [0, 0.05) is 23.9 Å². The van der Waals surface area contributed by atoms with Crippen molar-refractivity contribution in [3.05, 3.63) is 28.8 Å². The summed E-state index contributed by atoms with van der Waals surface area (Å²) >= 11 is 5.91. The summed E-state index contributed by atoms with van der Waals surface area (Å²) in [6, 6.07) is 5.32. The first-order valence-corrected chi connectivity index (χ1v) is 8.38. The third-order valence-corrected chi connectivity index (χ3v) is 4.67. The van der Waals surface area contributed by atoms with Crippen LogP contribution in [-0.4, -0.2) is 31.1 Å². The number of hydrogen-bond acceptors (Lipinski definition) is 3. The molecule has 1 heterocycles. The zero-order chi connectivity index (χ0) is 16.4. The van der Waals surface area contributed by atoms with E-state index < -0.39 is 0 Å². The number of aryl methyl sites for hydroxylation is 1. The van der Waals surface area contributed by atoms with E-state index in [1.54, 1.807) is 18.2 Å². The van der Waals surface area contributed by atoms with Crippen molar-refractivity contribution in [1.82, 2.24) is 5.32 Å². The molecule has 124 valence electrons. The first-order valence-electron chi connectivity index (χ1n) is 8.01. The van der Waals surface area contributed by atoms with Gasteiger partial charge < -0.3 is 15.4 Å². The molecule has 3 rings (SSSR count). The first-order chi connectivity index (χ1) is 11.0. The molecule has 1 aromatic rings. The van der Waals surface area contributed by atoms with Crippen LogP contribution in [0.15, 0.2) is 18.2 Å². The molecular formula is C17H21ClN2O3. The van der Waals surface area contributed by atoms with Crippen LogP contribution in [0.5, 0.6) is 0 Å². The molecule has 2 N–H and O–H groups in total. The Balaban J connectivity index is 1.47. The summed E-state index contributed by atoms with van der Waals surface area (Å²) in [5, 5.41) is 6.41. The van der Waals surface area contributed by atoms with Crippen molar-refractivity contribution in [3.63, 3.8) is 0 Å². The molecule has 3 unspecified atom stereocenters. The number of carbonyl (C=O) groups is 2. The summed E-state index contributed by atoms with van der Waals surface area (Å²) in [5.74, 6) is -0.611. The van der Waals surface area contributed by atoms with Crippen LogP contribution >= 0.6 is 11.6 Å². The fourth-order valence-electron chi connectivity index (χ4n) is 2.92. The van der Waals surface area contributed by atoms with E-state index in [4.69, 9.17) is 16.3 Å². The number of hydrogen-bond donors (Lipinski definition) is 2. The van der Waals surface area contributed by atoms with Gasteiger partial charge in [-0.1, -0.05) is 11.6 Å². The molecule has 1 aromatic carbocycles. The van der Waals surface area contributed by atoms with E-state index in [-0.39, 0.29) is 29.8 Å². The number of amides is 2. The Bertz CT molecular complexity index is 614. The molecule has 1 saturated carbocycles. The van der Waals surface area contributed by atoms with Crippen LogP contribution in [0.2, 0.25) is 5.02 Å². The third kappa shape index (κ3) is 4.03. The molecule has 0 aromatic heterocycles. The molecule has 23 heavy (non-hydrogen) atoms. The van der Waals surface area contributed by atoms with E-state index >= 15 is 0 Å². The van der Waals surface area contributed by atoms with Crippen molar-refractivity contribution in [1.29, 1.82) is 0 Å². The molecule has 6 heteroatoms. The van der Waals surface area contributed by atoms with E-state index in [1.807, 2.05) is 6.92 Å². The molecule has 1 aliphatic carbocycles. The predicted molar refractivity (Wildman–Crippen MR) is 88.4 cm³/mol. The van der Waals surface area contributed by atoms with E-state index in [2.05, 4.69) is 10.6 Å². The van der Waals surface area contributed by atoms with Gasteiger partial charge in [0.05, 0.1) is 17.9 Å². The summed E-state index contributed by atoms with van der Waals surface area (Å²) in [7, 11) is 0. The third-order valence-electron chi connectivity index (χ3n) is 4.44. The van der Waals surface area contributed by atoms with Gasteiger partial charge in [0.15, 0.2) is 0 Å². The number of halogens is 1. The molecule has 0 spiro atoms. The molecule has 0 radical (unpaired) electrons. The van der Waals surface area contributed by atoms with E-state index in [9.17, 15) is 9.59 Å². The maximum absolute atomic E-state index is 12.2. The molecule has 1 aliphatic heterocycles. The molecule has 1 saturated heterocycles. The van der Waals surface area contributed by atoms with E-state index in [0.717, 1.165) is 30.7 Å². The number of rotatable bonds is 5. The molecule has 2 amide bonds. The van der Waals surface area contributed by atoms with E-state index in [1.165, 1.54) is 0 Å². The summed E-state index contributed by atoms with van der Waals surface area (Å²) < 4.78 is 5.47. The van der Waals surface area contributed by atoms with Crippen LogP contribution < -0.4 is 10.6 Å². The van der Waals surface area contributed by atoms with Gasteiger partial charge in [0.1, 0.15) is 0 Å². The van der Waals surface area contributed by atoms with Gasteiger partial charge in [-0.2, -0.15) is 0 Å². The van der Waals surface area contributed by atoms with Gasteiger partial charge in [-0.3, -0.25) is 9.59 Å². The second-order valence-corrected chi connectivity index (χ2v) is 6.71. The number of nitrogens with one attached hydrogen (secondary N) is 2. The Labute approximate surface area is 140 Å². The van der Waals surface area contributed by atoms with Gasteiger partial charge in [-0.05, 0) is 49.9 Å². The minimum absolute atomic E-state index is 0.0477. The van der Waals surface area contributed by atoms with Gasteiger partial charge in [-0.15, -0.1) is 0 Å². The average molecular weight is 337 g/mol. The molecule has 3 atom stereocenters. The van der Waals surface area contributed by atoms with Gasteiger partial charge >= 0.3 is 0 Å². The molecule has 5 nitrogen and oxygen atoms in total. The minimum atomic E-state index is -0.241. The average Bonchev–Trinajstić information content (AvgIpc) is 3.16. The standard InChI is InChI=1S/C17H21ClN2O3/c1-10-7-11(18)4-5-15(10)20-17(22)14-8-13(14)16(21)19-9-12-3-2-6-23-12/h4-5,7,12-14H,2-3,6,8-9H2,1H3,(H,19,21)(H,20,22). The summed E-state index contributed by atoms with van der Waals surface area (Å²) in [6.07, 6.45) is 2.78. The second kappa shape index (κ2) is 6.89. The predicted octanol–water partition coefficient (Wildman–Crippen LogP) is 2.52. The maximum Gasteiger partial charge on any atom is 0.228 e. The zero-order valence-electron chi connectivity index (χ0n) is 13.1. The highest BCUT2D eigenvalue weighted by Crippen LogP contribution is 2.39. The lowest BCUT2D eigenvalue weighted by molar-refractivity contribution is -0.125. The van der Waals surface area contributed by atoms with Crippen molar-refractivity contribution in [2.45, 2.75) is 32.3 Å². The van der Waals surface area contributed by atoms with E-state index in [0.29, 0.717) is 18.0 Å². The second-order valence-electron chi connectivity index (χ2n) is 6.28. The number of benzene rings is 1. The Kier molecular flexibility index (Phi) is 4.87. The lowest BCUT2D eigenvalue weighted by Crippen LogP contribution is -2.33. The highest BCUT2D eigenvalue weighted by Gasteiger charge is 2.48. The summed E-state index contributed by atoms with van der Waals surface area (Å²) in [4.78, 5) is 24.3. The van der Waals surface area contributed by atoms with Crippen molar-refractivity contribution in [3.8, 4) is 0 Å². The lowest BCUT2D eigenvalue weighted by atomic mass is 10.2. The zero-order valence-corrected chi connectivity index (χ0v) is 13.9. The van der Waals surface area contributed by atoms with Crippen LogP contribution in [0.25, 0.3) is 0 Å². The quantitative estimate of drug-likeness (QED) is 0.868. The lowest BCUT2D eigenvalue weighted by Gasteiger charge is -2.11. The molecule has 0 bridgehead atoms. The normalized spacial score (nSPS) is 25.9. The van der Waals surface area contributed by atoms with Crippen molar-refractivity contribution < 1.29 is 14.3 Å². The highest BCUT2D eigenvalue weighted by molar-refractivity contribution is 6.30. The van der Waals surface area contributed by atoms with Crippen molar-refractivity contribution in [2.24, 2.45) is 11.8 Å². The van der Waals surface area contributed by atoms with Gasteiger partial charge in [-0.25, -0.2) is 0 Å². The highest BCUT2D eigenvalue weighted by atomic mass is 35.5. The smallest absolute Gasteiger partial charge is 0.228 e. The fourth-order valence-corrected chi connectivity index (χ4v) is 3.14. The molecule has 2 aliphatic rings. The number of ether oxygens (including phenoxy) is 1. The van der Waals surface area contributed by atoms with Gasteiger partial charge in [0.25, 0.3) is 0 Å². The van der Waals surface area contributed by atoms with Crippen molar-refractivity contribution >= 4 is 29.1 Å². The summed E-state index contributed by atoms with van der Waals surface area (Å²) in [5.41, 5.74) is 1.65. The number of anilines is 1. The fraction of sp³-hybridized carbons (Fsp3) is 0.529. The first kappa shape index (κ1) is 16.3. The topological polar surface area (TPSA) is 67.4 Å². The van der Waals surface area contributed by atoms with Crippen LogP contribution in [0.3, 0.4) is 0 Å². The van der Waals surface area contributed by atoms with Gasteiger partial charge in [0.2, 0.25) is 11.8 Å². The minimum Gasteiger partial charge on any atom is -0.376 e. The number of carbonyl (C=O) groups excluding carboxylic acids is 2. The SMILES string of the molecule is Cc1cc(Cl)ccc1NC(=O)C1CC1C(=O)NCC1CCCO1. The van der Waals surface area contributed by atoms with Crippen molar-refractivity contribution in [2.75, 3.05) is 18.5 Å². The Morgan fingerprint density at radius 3 is 2.78 bits per heavy atom. The largest absolute Gasteiger partial charge is 0.376 e. The maximum atomic E-state index is 12.2. The Hall–Kier alpha value is -1.59. The molecule has 2 fully saturated rings. The molecular weight excluding hydrogens is 316 g/mol. The monoisotopic (exact) mass is 336 g/mol. The van der Waals surface area contributed by atoms with Crippen LogP contribution in [-0.2, 0) is 14.3 Å². The summed E-state index contributed by atoms with van der Waals surface area (Å²) in [6.45, 7) is 3.20. The Morgan fingerprint density at radius 2 is 2.09 bits per heavy atom. The van der Waals surface area contributed by atoms with Crippen LogP contribution in [0.1, 0.15) is 24.8 Å². The Morgan fingerprint density at radius 1 is 1.30 bits per heavy atom. The van der Waals surface area contributed by atoms with Crippen LogP contribution in [0, 0.1) is 18.8 Å². The van der Waals surface area contributed by atoms with Crippen LogP contribution in [0.4, 0.5) is 5.69 Å².